The van der Waals surface area contributed by atoms with Crippen LogP contribution in [-0.4, -0.2) is 37.2 Å². The summed E-state index contributed by atoms with van der Waals surface area (Å²) in [6.45, 7) is 6.53. The first-order chi connectivity index (χ1) is 40.0. The lowest BCUT2D eigenvalue weighted by molar-refractivity contribution is -0.167. The van der Waals surface area contributed by atoms with E-state index in [1.54, 1.807) is 0 Å². The van der Waals surface area contributed by atoms with Crippen LogP contribution in [0, 0.1) is 0 Å². The number of hydrogen-bond donors (Lipinski definition) is 0. The Morgan fingerprint density at radius 3 is 0.790 bits per heavy atom. The molecule has 0 amide bonds. The van der Waals surface area contributed by atoms with E-state index < -0.39 is 6.10 Å². The van der Waals surface area contributed by atoms with E-state index in [9.17, 15) is 14.4 Å². The summed E-state index contributed by atoms with van der Waals surface area (Å²) in [6.07, 6.45) is 92.7. The maximum atomic E-state index is 13.0. The highest BCUT2D eigenvalue weighted by Gasteiger charge is 2.19. The van der Waals surface area contributed by atoms with Gasteiger partial charge in [-0.05, 0) is 122 Å². The van der Waals surface area contributed by atoms with E-state index in [0.29, 0.717) is 19.3 Å². The van der Waals surface area contributed by atoms with Gasteiger partial charge in [0.05, 0.1) is 0 Å². The number of esters is 3. The van der Waals surface area contributed by atoms with Gasteiger partial charge in [0.1, 0.15) is 13.2 Å². The van der Waals surface area contributed by atoms with Crippen molar-refractivity contribution in [3.63, 3.8) is 0 Å². The van der Waals surface area contributed by atoms with Crippen LogP contribution in [0.4, 0.5) is 0 Å². The van der Waals surface area contributed by atoms with Gasteiger partial charge in [0, 0.05) is 19.3 Å². The molecule has 0 aromatic heterocycles. The first-order valence-electron chi connectivity index (χ1n) is 34.7. The summed E-state index contributed by atoms with van der Waals surface area (Å²) in [5.74, 6) is -0.883. The lowest BCUT2D eigenvalue weighted by Crippen LogP contribution is -2.30. The highest BCUT2D eigenvalue weighted by atomic mass is 16.6. The molecule has 6 heteroatoms. The Hall–Kier alpha value is -3.67. The van der Waals surface area contributed by atoms with Gasteiger partial charge < -0.3 is 14.2 Å². The first-order valence-corrected chi connectivity index (χ1v) is 34.7. The van der Waals surface area contributed by atoms with Gasteiger partial charge in [0.15, 0.2) is 6.10 Å². The van der Waals surface area contributed by atoms with E-state index in [-0.39, 0.29) is 31.1 Å². The van der Waals surface area contributed by atoms with Crippen LogP contribution in [0.1, 0.15) is 342 Å². The second-order valence-corrected chi connectivity index (χ2v) is 23.1. The minimum absolute atomic E-state index is 0.0828. The molecule has 0 fully saturated rings. The van der Waals surface area contributed by atoms with Crippen molar-refractivity contribution in [2.24, 2.45) is 0 Å². The number of ether oxygens (including phenoxy) is 3. The molecule has 81 heavy (non-hydrogen) atoms. The smallest absolute Gasteiger partial charge is 0.306 e. The average molecular weight is 1130 g/mol. The van der Waals surface area contributed by atoms with Gasteiger partial charge in [0.2, 0.25) is 0 Å². The molecular formula is C75H130O6. The van der Waals surface area contributed by atoms with Gasteiger partial charge >= 0.3 is 17.9 Å². The summed E-state index contributed by atoms with van der Waals surface area (Å²) in [6, 6.07) is 0. The maximum absolute atomic E-state index is 13.0. The molecule has 0 N–H and O–H groups in total. The molecule has 0 saturated heterocycles. The molecule has 1 atom stereocenters. The maximum Gasteiger partial charge on any atom is 0.306 e. The number of unbranched alkanes of at least 4 members (excludes halogenated alkanes) is 36. The van der Waals surface area contributed by atoms with E-state index >= 15 is 0 Å². The predicted octanol–water partition coefficient (Wildman–Crippen LogP) is 24.0. The molecule has 0 heterocycles. The van der Waals surface area contributed by atoms with Crippen LogP contribution in [0.2, 0.25) is 0 Å². The number of allylic oxidation sites excluding steroid dienone is 16. The Bertz CT molecular complexity index is 1580. The Kier molecular flexibility index (Phi) is 65.7. The van der Waals surface area contributed by atoms with Crippen molar-refractivity contribution in [2.75, 3.05) is 13.2 Å². The van der Waals surface area contributed by atoms with E-state index in [0.717, 1.165) is 109 Å². The number of hydrogen-bond acceptors (Lipinski definition) is 6. The van der Waals surface area contributed by atoms with Crippen LogP contribution in [0.3, 0.4) is 0 Å². The van der Waals surface area contributed by atoms with Crippen molar-refractivity contribution in [3.05, 3.63) is 97.2 Å². The van der Waals surface area contributed by atoms with Crippen LogP contribution < -0.4 is 0 Å². The standard InChI is InChI=1S/C75H130O6/c1-4-7-10-13-16-19-22-25-28-31-33-35-36-37-38-40-41-44-47-50-53-56-59-62-65-68-74(77)80-71-72(70-79-73(76)67-64-61-58-55-52-49-46-43-30-27-24-21-18-15-12-9-6-3)81-75(78)69-66-63-60-57-54-51-48-45-42-39-34-32-29-26-23-20-17-14-11-8-5-2/h7,10,16,18-19,21,25,27-28,30,32-35,37-38,72H,4-6,8-9,11-15,17,20,22-24,26,29,31,36,39-71H2,1-3H3/b10-7-,19-16-,21-18-,28-25-,30-27-,34-32-,35-33-,38-37-. The fourth-order valence-corrected chi connectivity index (χ4v) is 9.85. The number of carbonyl (C=O) groups is 3. The summed E-state index contributed by atoms with van der Waals surface area (Å²) in [5, 5.41) is 0. The highest BCUT2D eigenvalue weighted by molar-refractivity contribution is 5.71. The second kappa shape index (κ2) is 68.8. The predicted molar refractivity (Wildman–Crippen MR) is 353 cm³/mol. The third kappa shape index (κ3) is 67.0. The van der Waals surface area contributed by atoms with E-state index in [4.69, 9.17) is 14.2 Å². The molecule has 0 aliphatic heterocycles. The third-order valence-corrected chi connectivity index (χ3v) is 15.0. The SMILES string of the molecule is CC/C=C\C/C=C\C/C=C\C/C=C\C/C=C\CCCCCCCCCCCC(=O)OCC(COC(=O)CCCCCCCCC/C=C\C/C=C\CCCCC)OC(=O)CCCCCCCCCCC/C=C\CCCCCCCCCC. The number of carbonyl (C=O) groups excluding carboxylic acids is 3. The molecule has 0 aliphatic rings. The molecule has 0 aromatic rings. The van der Waals surface area contributed by atoms with Crippen molar-refractivity contribution in [3.8, 4) is 0 Å². The van der Waals surface area contributed by atoms with Crippen LogP contribution in [-0.2, 0) is 28.6 Å². The summed E-state index contributed by atoms with van der Waals surface area (Å²) < 4.78 is 17.0. The van der Waals surface area contributed by atoms with Gasteiger partial charge in [-0.3, -0.25) is 14.4 Å². The zero-order chi connectivity index (χ0) is 58.5. The molecular weight excluding hydrogens is 997 g/mol. The molecule has 6 nitrogen and oxygen atoms in total. The zero-order valence-corrected chi connectivity index (χ0v) is 53.5. The van der Waals surface area contributed by atoms with E-state index in [2.05, 4.69) is 118 Å². The molecule has 1 unspecified atom stereocenters. The summed E-state index contributed by atoms with van der Waals surface area (Å²) in [4.78, 5) is 38.5. The molecule has 466 valence electrons. The quantitative estimate of drug-likeness (QED) is 0.0261. The van der Waals surface area contributed by atoms with Crippen molar-refractivity contribution in [1.29, 1.82) is 0 Å². The van der Waals surface area contributed by atoms with E-state index in [1.165, 1.54) is 193 Å². The lowest BCUT2D eigenvalue weighted by atomic mass is 10.1. The molecule has 0 bridgehead atoms. The Balaban J connectivity index is 4.38. The van der Waals surface area contributed by atoms with Crippen molar-refractivity contribution in [2.45, 2.75) is 348 Å². The fraction of sp³-hybridized carbons (Fsp3) is 0.747. The summed E-state index contributed by atoms with van der Waals surface area (Å²) in [7, 11) is 0. The largest absolute Gasteiger partial charge is 0.462 e. The lowest BCUT2D eigenvalue weighted by Gasteiger charge is -2.18. The van der Waals surface area contributed by atoms with Gasteiger partial charge in [-0.2, -0.15) is 0 Å². The first kappa shape index (κ1) is 77.3. The Morgan fingerprint density at radius 2 is 0.481 bits per heavy atom. The van der Waals surface area contributed by atoms with Gasteiger partial charge in [-0.1, -0.05) is 298 Å². The minimum atomic E-state index is -0.787. The number of rotatable bonds is 63. The third-order valence-electron chi connectivity index (χ3n) is 15.0. The Labute approximate surface area is 502 Å². The van der Waals surface area contributed by atoms with Crippen LogP contribution in [0.5, 0.6) is 0 Å². The molecule has 0 saturated carbocycles. The molecule has 0 spiro atoms. The fourth-order valence-electron chi connectivity index (χ4n) is 9.85. The molecule has 0 aliphatic carbocycles. The minimum Gasteiger partial charge on any atom is -0.462 e. The van der Waals surface area contributed by atoms with Gasteiger partial charge in [0.25, 0.3) is 0 Å². The van der Waals surface area contributed by atoms with Crippen molar-refractivity contribution >= 4 is 17.9 Å². The second-order valence-electron chi connectivity index (χ2n) is 23.1. The highest BCUT2D eigenvalue weighted by Crippen LogP contribution is 2.17. The topological polar surface area (TPSA) is 78.9 Å². The molecule has 0 aromatic carbocycles. The molecule has 0 rings (SSSR count). The summed E-state index contributed by atoms with van der Waals surface area (Å²) in [5.41, 5.74) is 0. The average Bonchev–Trinajstić information content (AvgIpc) is 3.47. The van der Waals surface area contributed by atoms with Crippen LogP contribution in [0.25, 0.3) is 0 Å². The van der Waals surface area contributed by atoms with E-state index in [1.807, 2.05) is 0 Å². The zero-order valence-electron chi connectivity index (χ0n) is 53.5. The molecule has 0 radical (unpaired) electrons. The van der Waals surface area contributed by atoms with Crippen LogP contribution >= 0.6 is 0 Å². The van der Waals surface area contributed by atoms with Crippen molar-refractivity contribution in [1.82, 2.24) is 0 Å². The van der Waals surface area contributed by atoms with Crippen molar-refractivity contribution < 1.29 is 28.6 Å². The van der Waals surface area contributed by atoms with Gasteiger partial charge in [-0.15, -0.1) is 0 Å². The van der Waals surface area contributed by atoms with Crippen LogP contribution in [0.15, 0.2) is 97.2 Å². The van der Waals surface area contributed by atoms with Gasteiger partial charge in [-0.25, -0.2) is 0 Å². The normalized spacial score (nSPS) is 12.7. The monoisotopic (exact) mass is 1130 g/mol. The summed E-state index contributed by atoms with van der Waals surface area (Å²) >= 11 is 0. The Morgan fingerprint density at radius 1 is 0.259 bits per heavy atom.